The van der Waals surface area contributed by atoms with E-state index in [1.54, 1.807) is 0 Å². The SMILES string of the molecule is O=C(NS(=O)(=O)c1ccc(S(=O)(=O)N2CCCC2)s1)c1ccc(OC(F)F)cc1. The molecule has 2 aromatic rings. The summed E-state index contributed by atoms with van der Waals surface area (Å²) in [6.45, 7) is -2.27. The van der Waals surface area contributed by atoms with Gasteiger partial charge in [0.25, 0.3) is 26.0 Å². The van der Waals surface area contributed by atoms with Gasteiger partial charge in [-0.2, -0.15) is 13.1 Å². The Morgan fingerprint density at radius 2 is 1.59 bits per heavy atom. The number of halogens is 2. The van der Waals surface area contributed by atoms with Gasteiger partial charge in [0.1, 0.15) is 14.2 Å². The molecule has 1 fully saturated rings. The van der Waals surface area contributed by atoms with E-state index in [9.17, 15) is 30.4 Å². The first-order chi connectivity index (χ1) is 13.6. The molecule has 1 aromatic carbocycles. The number of nitrogens with one attached hydrogen (secondary N) is 1. The Morgan fingerprint density at radius 3 is 2.17 bits per heavy atom. The van der Waals surface area contributed by atoms with Crippen LogP contribution < -0.4 is 9.46 Å². The van der Waals surface area contributed by atoms with Gasteiger partial charge in [-0.3, -0.25) is 4.79 Å². The van der Waals surface area contributed by atoms with E-state index < -0.39 is 32.6 Å². The molecule has 0 spiro atoms. The molecule has 0 aliphatic carbocycles. The maximum Gasteiger partial charge on any atom is 0.387 e. The van der Waals surface area contributed by atoms with E-state index in [4.69, 9.17) is 0 Å². The highest BCUT2D eigenvalue weighted by molar-refractivity contribution is 7.94. The molecule has 1 aliphatic heterocycles. The minimum absolute atomic E-state index is 0.100. The van der Waals surface area contributed by atoms with Gasteiger partial charge >= 0.3 is 6.61 Å². The highest BCUT2D eigenvalue weighted by Crippen LogP contribution is 2.29. The van der Waals surface area contributed by atoms with Crippen LogP contribution >= 0.6 is 11.3 Å². The van der Waals surface area contributed by atoms with Crippen LogP contribution in [0.25, 0.3) is 0 Å². The van der Waals surface area contributed by atoms with E-state index in [2.05, 4.69) is 4.74 Å². The van der Waals surface area contributed by atoms with E-state index in [-0.39, 0.29) is 19.7 Å². The Labute approximate surface area is 170 Å². The first-order valence-corrected chi connectivity index (χ1v) is 12.1. The van der Waals surface area contributed by atoms with E-state index in [1.165, 1.54) is 10.4 Å². The summed E-state index contributed by atoms with van der Waals surface area (Å²) in [6.07, 6.45) is 1.49. The molecule has 1 aliphatic rings. The quantitative estimate of drug-likeness (QED) is 0.670. The van der Waals surface area contributed by atoms with Crippen LogP contribution in [0, 0.1) is 0 Å². The molecule has 2 heterocycles. The number of benzene rings is 1. The number of hydrogen-bond acceptors (Lipinski definition) is 7. The van der Waals surface area contributed by atoms with Crippen LogP contribution in [0.2, 0.25) is 0 Å². The van der Waals surface area contributed by atoms with Crippen molar-refractivity contribution in [1.29, 1.82) is 0 Å². The Hall–Kier alpha value is -2.09. The maximum absolute atomic E-state index is 12.5. The van der Waals surface area contributed by atoms with Crippen molar-refractivity contribution in [1.82, 2.24) is 9.03 Å². The lowest BCUT2D eigenvalue weighted by Gasteiger charge is -2.13. The Morgan fingerprint density at radius 1 is 1.00 bits per heavy atom. The number of rotatable bonds is 7. The van der Waals surface area contributed by atoms with E-state index in [0.29, 0.717) is 24.4 Å². The molecule has 158 valence electrons. The summed E-state index contributed by atoms with van der Waals surface area (Å²) >= 11 is 0.544. The third-order valence-electron chi connectivity index (χ3n) is 4.05. The zero-order valence-electron chi connectivity index (χ0n) is 14.7. The molecule has 13 heteroatoms. The summed E-state index contributed by atoms with van der Waals surface area (Å²) in [4.78, 5) is 12.2. The van der Waals surface area contributed by atoms with E-state index >= 15 is 0 Å². The summed E-state index contributed by atoms with van der Waals surface area (Å²) in [5.74, 6) is -1.18. The monoisotopic (exact) mass is 466 g/mol. The lowest BCUT2D eigenvalue weighted by molar-refractivity contribution is -0.0498. The number of carbonyl (C=O) groups is 1. The van der Waals surface area contributed by atoms with Crippen LogP contribution in [0.3, 0.4) is 0 Å². The molecule has 8 nitrogen and oxygen atoms in total. The van der Waals surface area contributed by atoms with Crippen LogP contribution in [0.15, 0.2) is 44.8 Å². The molecule has 0 atom stereocenters. The van der Waals surface area contributed by atoms with Gasteiger partial charge in [-0.1, -0.05) is 0 Å². The van der Waals surface area contributed by atoms with Crippen molar-refractivity contribution in [3.05, 3.63) is 42.0 Å². The number of ether oxygens (including phenoxy) is 1. The molecular formula is C16H16F2N2O6S3. The number of carbonyl (C=O) groups excluding carboxylic acids is 1. The highest BCUT2D eigenvalue weighted by atomic mass is 32.3. The second-order valence-electron chi connectivity index (χ2n) is 6.02. The van der Waals surface area contributed by atoms with Gasteiger partial charge in [0.05, 0.1) is 0 Å². The number of alkyl halides is 2. The minimum Gasteiger partial charge on any atom is -0.435 e. The first-order valence-electron chi connectivity index (χ1n) is 8.31. The Balaban J connectivity index is 1.74. The summed E-state index contributed by atoms with van der Waals surface area (Å²) in [6, 6.07) is 6.75. The van der Waals surface area contributed by atoms with Crippen molar-refractivity contribution < 1.29 is 35.1 Å². The summed E-state index contributed by atoms with van der Waals surface area (Å²) < 4.78 is 81.0. The number of thiophene rings is 1. The standard InChI is InChI=1S/C16H16F2N2O6S3/c17-16(18)26-12-5-3-11(4-6-12)15(21)19-28(22,23)13-7-8-14(27-13)29(24,25)20-9-1-2-10-20/h3-8,16H,1-2,9-10H2,(H,19,21). The van der Waals surface area contributed by atoms with Gasteiger partial charge < -0.3 is 4.74 Å². The lowest BCUT2D eigenvalue weighted by atomic mass is 10.2. The van der Waals surface area contributed by atoms with Gasteiger partial charge in [0, 0.05) is 18.7 Å². The Bertz CT molecular complexity index is 1090. The number of amides is 1. The molecule has 1 N–H and O–H groups in total. The fourth-order valence-electron chi connectivity index (χ4n) is 2.66. The van der Waals surface area contributed by atoms with Gasteiger partial charge in [0.15, 0.2) is 0 Å². The van der Waals surface area contributed by atoms with Gasteiger partial charge in [-0.15, -0.1) is 11.3 Å². The second-order valence-corrected chi connectivity index (χ2v) is 11.2. The molecule has 29 heavy (non-hydrogen) atoms. The molecule has 0 unspecified atom stereocenters. The third kappa shape index (κ3) is 4.91. The normalized spacial score (nSPS) is 15.6. The van der Waals surface area contributed by atoms with Crippen molar-refractivity contribution in [2.75, 3.05) is 13.1 Å². The molecule has 0 bridgehead atoms. The molecule has 1 saturated heterocycles. The smallest absolute Gasteiger partial charge is 0.387 e. The fraction of sp³-hybridized carbons (Fsp3) is 0.312. The largest absolute Gasteiger partial charge is 0.435 e. The molecular weight excluding hydrogens is 450 g/mol. The maximum atomic E-state index is 12.5. The first kappa shape index (κ1) is 21.6. The zero-order valence-corrected chi connectivity index (χ0v) is 17.2. The molecule has 0 saturated carbocycles. The predicted molar refractivity (Wildman–Crippen MR) is 100 cm³/mol. The summed E-state index contributed by atoms with van der Waals surface area (Å²) in [5, 5.41) is 0. The number of nitrogens with zero attached hydrogens (tertiary/aromatic N) is 1. The van der Waals surface area contributed by atoms with Crippen LogP contribution in [0.5, 0.6) is 5.75 Å². The average Bonchev–Trinajstić information content (AvgIpc) is 3.34. The molecule has 1 aromatic heterocycles. The molecule has 3 rings (SSSR count). The topological polar surface area (TPSA) is 110 Å². The van der Waals surface area contributed by atoms with Crippen molar-refractivity contribution in [2.24, 2.45) is 0 Å². The Kier molecular flexibility index (Phi) is 6.22. The second kappa shape index (κ2) is 8.34. The summed E-state index contributed by atoms with van der Waals surface area (Å²) in [5.41, 5.74) is -0.100. The van der Waals surface area contributed by atoms with Gasteiger partial charge in [0.2, 0.25) is 0 Å². The zero-order chi connectivity index (χ0) is 21.2. The van der Waals surface area contributed by atoms with Crippen LogP contribution in [0.1, 0.15) is 23.2 Å². The van der Waals surface area contributed by atoms with Crippen molar-refractivity contribution in [3.63, 3.8) is 0 Å². The third-order valence-corrected chi connectivity index (χ3v) is 9.32. The van der Waals surface area contributed by atoms with Crippen LogP contribution in [-0.4, -0.2) is 46.7 Å². The fourth-order valence-corrected chi connectivity index (χ4v) is 7.07. The van der Waals surface area contributed by atoms with Crippen molar-refractivity contribution in [3.8, 4) is 5.75 Å². The van der Waals surface area contributed by atoms with Gasteiger partial charge in [-0.05, 0) is 49.2 Å². The van der Waals surface area contributed by atoms with E-state index in [1.807, 2.05) is 4.72 Å². The van der Waals surface area contributed by atoms with Crippen molar-refractivity contribution >= 4 is 37.3 Å². The highest BCUT2D eigenvalue weighted by Gasteiger charge is 2.30. The number of sulfonamides is 2. The lowest BCUT2D eigenvalue weighted by Crippen LogP contribution is -2.30. The average molecular weight is 467 g/mol. The number of hydrogen-bond donors (Lipinski definition) is 1. The van der Waals surface area contributed by atoms with Gasteiger partial charge in [-0.25, -0.2) is 21.6 Å². The van der Waals surface area contributed by atoms with E-state index in [0.717, 1.165) is 43.2 Å². The molecule has 1 amide bonds. The van der Waals surface area contributed by atoms with Crippen molar-refractivity contribution in [2.45, 2.75) is 27.9 Å². The minimum atomic E-state index is -4.31. The predicted octanol–water partition coefficient (Wildman–Crippen LogP) is 2.25. The summed E-state index contributed by atoms with van der Waals surface area (Å²) in [7, 11) is -8.09. The molecule has 0 radical (unpaired) electrons. The van der Waals surface area contributed by atoms with Crippen LogP contribution in [0.4, 0.5) is 8.78 Å². The van der Waals surface area contributed by atoms with Crippen LogP contribution in [-0.2, 0) is 20.0 Å².